The number of carbonyl (C=O) groups excluding carboxylic acids is 1. The number of hydrogen-bond donors (Lipinski definition) is 1. The number of nitrogens with one attached hydrogen (secondary N) is 1. The van der Waals surface area contributed by atoms with Crippen LogP contribution in [0.15, 0.2) is 47.4 Å². The molecule has 0 bridgehead atoms. The number of hydrogen-bond acceptors (Lipinski definition) is 3. The highest BCUT2D eigenvalue weighted by Gasteiger charge is 2.34. The summed E-state index contributed by atoms with van der Waals surface area (Å²) in [6.07, 6.45) is 0.768. The van der Waals surface area contributed by atoms with E-state index in [1.807, 2.05) is 0 Å². The van der Waals surface area contributed by atoms with Gasteiger partial charge in [0.05, 0.1) is 11.8 Å². The molecule has 0 aliphatic carbocycles. The Labute approximate surface area is 154 Å². The van der Waals surface area contributed by atoms with Crippen molar-refractivity contribution in [2.75, 3.05) is 5.75 Å². The van der Waals surface area contributed by atoms with E-state index in [0.29, 0.717) is 5.75 Å². The smallest absolute Gasteiger partial charge is 0.230 e. The first kappa shape index (κ1) is 17.9. The number of aryl methyl sites for hydroxylation is 2. The fourth-order valence-corrected chi connectivity index (χ4v) is 3.82. The minimum Gasteiger partial charge on any atom is -0.487 e. The topological polar surface area (TPSA) is 38.3 Å². The van der Waals surface area contributed by atoms with Crippen LogP contribution in [0.5, 0.6) is 5.75 Å². The van der Waals surface area contributed by atoms with E-state index in [0.717, 1.165) is 28.2 Å². The van der Waals surface area contributed by atoms with Crippen LogP contribution < -0.4 is 10.1 Å². The van der Waals surface area contributed by atoms with Crippen molar-refractivity contribution in [1.82, 2.24) is 5.32 Å². The van der Waals surface area contributed by atoms with Crippen LogP contribution >= 0.6 is 11.8 Å². The second kappa shape index (κ2) is 7.12. The monoisotopic (exact) mass is 355 g/mol. The molecule has 132 valence electrons. The summed E-state index contributed by atoms with van der Waals surface area (Å²) in [4.78, 5) is 13.6. The molecule has 0 saturated heterocycles. The lowest BCUT2D eigenvalue weighted by Gasteiger charge is -2.38. The highest BCUT2D eigenvalue weighted by Crippen LogP contribution is 2.39. The Morgan fingerprint density at radius 3 is 2.56 bits per heavy atom. The molecule has 0 aromatic heterocycles. The van der Waals surface area contributed by atoms with Crippen LogP contribution in [-0.2, 0) is 4.79 Å². The first-order valence-corrected chi connectivity index (χ1v) is 9.59. The first-order chi connectivity index (χ1) is 11.8. The standard InChI is InChI=1S/C21H25NO2S/c1-14-5-8-16(9-6-14)25-13-20(23)22-18-12-21(3,4)24-19-11-15(2)7-10-17(18)19/h5-11,18H,12-13H2,1-4H3,(H,22,23)/t18-/m0/s1. The van der Waals surface area contributed by atoms with Crippen molar-refractivity contribution in [3.8, 4) is 5.75 Å². The van der Waals surface area contributed by atoms with E-state index in [9.17, 15) is 4.79 Å². The molecular weight excluding hydrogens is 330 g/mol. The maximum atomic E-state index is 12.5. The van der Waals surface area contributed by atoms with E-state index in [1.54, 1.807) is 11.8 Å². The summed E-state index contributed by atoms with van der Waals surface area (Å²) < 4.78 is 6.10. The summed E-state index contributed by atoms with van der Waals surface area (Å²) in [6, 6.07) is 14.4. The minimum atomic E-state index is -0.289. The molecule has 1 aliphatic rings. The number of benzene rings is 2. The van der Waals surface area contributed by atoms with Gasteiger partial charge in [-0.05, 0) is 51.5 Å². The van der Waals surface area contributed by atoms with E-state index in [4.69, 9.17) is 4.74 Å². The van der Waals surface area contributed by atoms with E-state index in [2.05, 4.69) is 75.5 Å². The molecule has 0 unspecified atom stereocenters. The Hall–Kier alpha value is -1.94. The molecule has 4 heteroatoms. The minimum absolute atomic E-state index is 0.00883. The highest BCUT2D eigenvalue weighted by atomic mass is 32.2. The summed E-state index contributed by atoms with van der Waals surface area (Å²) in [6.45, 7) is 8.25. The van der Waals surface area contributed by atoms with Crippen molar-refractivity contribution in [2.45, 2.75) is 50.7 Å². The van der Waals surface area contributed by atoms with Crippen LogP contribution in [0.1, 0.15) is 43.0 Å². The van der Waals surface area contributed by atoms with Crippen molar-refractivity contribution >= 4 is 17.7 Å². The second-order valence-corrected chi connectivity index (χ2v) is 8.38. The summed E-state index contributed by atoms with van der Waals surface area (Å²) >= 11 is 1.57. The summed E-state index contributed by atoms with van der Waals surface area (Å²) in [5.74, 6) is 1.36. The largest absolute Gasteiger partial charge is 0.487 e. The number of carbonyl (C=O) groups is 1. The average Bonchev–Trinajstić information content (AvgIpc) is 2.52. The zero-order valence-electron chi connectivity index (χ0n) is 15.3. The summed E-state index contributed by atoms with van der Waals surface area (Å²) in [7, 11) is 0. The average molecular weight is 356 g/mol. The van der Waals surface area contributed by atoms with Gasteiger partial charge in [0, 0.05) is 16.9 Å². The molecule has 0 spiro atoms. The lowest BCUT2D eigenvalue weighted by molar-refractivity contribution is -0.119. The van der Waals surface area contributed by atoms with Crippen molar-refractivity contribution in [1.29, 1.82) is 0 Å². The molecule has 2 aromatic carbocycles. The van der Waals surface area contributed by atoms with Crippen molar-refractivity contribution < 1.29 is 9.53 Å². The first-order valence-electron chi connectivity index (χ1n) is 8.61. The number of rotatable bonds is 4. The summed E-state index contributed by atoms with van der Waals surface area (Å²) in [5.41, 5.74) is 3.17. The van der Waals surface area contributed by atoms with Crippen molar-refractivity contribution in [2.24, 2.45) is 0 Å². The fourth-order valence-electron chi connectivity index (χ4n) is 3.11. The Morgan fingerprint density at radius 1 is 1.16 bits per heavy atom. The third-order valence-corrected chi connectivity index (χ3v) is 5.36. The lowest BCUT2D eigenvalue weighted by atomic mass is 9.89. The molecule has 3 rings (SSSR count). The van der Waals surface area contributed by atoms with Crippen LogP contribution in [0.3, 0.4) is 0 Å². The molecule has 1 heterocycles. The number of thioether (sulfide) groups is 1. The predicted molar refractivity (Wildman–Crippen MR) is 103 cm³/mol. The molecule has 0 fully saturated rings. The molecule has 0 radical (unpaired) electrons. The zero-order chi connectivity index (χ0) is 18.0. The van der Waals surface area contributed by atoms with Gasteiger partial charge in [-0.3, -0.25) is 4.79 Å². The van der Waals surface area contributed by atoms with Gasteiger partial charge in [-0.25, -0.2) is 0 Å². The van der Waals surface area contributed by atoms with Gasteiger partial charge >= 0.3 is 0 Å². The predicted octanol–water partition coefficient (Wildman–Crippen LogP) is 4.81. The third-order valence-electron chi connectivity index (χ3n) is 4.35. The molecule has 1 atom stereocenters. The van der Waals surface area contributed by atoms with Crippen LogP contribution in [0.25, 0.3) is 0 Å². The number of fused-ring (bicyclic) bond motifs is 1. The van der Waals surface area contributed by atoms with Crippen molar-refractivity contribution in [3.05, 3.63) is 59.2 Å². The highest BCUT2D eigenvalue weighted by molar-refractivity contribution is 8.00. The van der Waals surface area contributed by atoms with E-state index in [-0.39, 0.29) is 17.6 Å². The van der Waals surface area contributed by atoms with E-state index in [1.165, 1.54) is 5.56 Å². The van der Waals surface area contributed by atoms with Gasteiger partial charge in [-0.2, -0.15) is 0 Å². The molecule has 3 nitrogen and oxygen atoms in total. The van der Waals surface area contributed by atoms with Crippen LogP contribution in [0, 0.1) is 13.8 Å². The number of amides is 1. The second-order valence-electron chi connectivity index (χ2n) is 7.33. The van der Waals surface area contributed by atoms with Crippen molar-refractivity contribution in [3.63, 3.8) is 0 Å². The zero-order valence-corrected chi connectivity index (χ0v) is 16.1. The Balaban J connectivity index is 1.67. The molecule has 1 amide bonds. The SMILES string of the molecule is Cc1ccc(SCC(=O)N[C@H]2CC(C)(C)Oc3cc(C)ccc32)cc1. The molecule has 1 N–H and O–H groups in total. The molecular formula is C21H25NO2S. The van der Waals surface area contributed by atoms with Crippen LogP contribution in [0.4, 0.5) is 0 Å². The normalized spacial score (nSPS) is 18.2. The molecule has 25 heavy (non-hydrogen) atoms. The van der Waals surface area contributed by atoms with E-state index >= 15 is 0 Å². The molecule has 0 saturated carbocycles. The maximum Gasteiger partial charge on any atom is 0.230 e. The Morgan fingerprint density at radius 2 is 1.84 bits per heavy atom. The van der Waals surface area contributed by atoms with Crippen LogP contribution in [-0.4, -0.2) is 17.3 Å². The van der Waals surface area contributed by atoms with Gasteiger partial charge in [0.25, 0.3) is 0 Å². The van der Waals surface area contributed by atoms with Gasteiger partial charge in [0.1, 0.15) is 11.4 Å². The van der Waals surface area contributed by atoms with Crippen LogP contribution in [0.2, 0.25) is 0 Å². The fraction of sp³-hybridized carbons (Fsp3) is 0.381. The van der Waals surface area contributed by atoms with E-state index < -0.39 is 0 Å². The molecule has 2 aromatic rings. The molecule has 1 aliphatic heterocycles. The van der Waals surface area contributed by atoms with Gasteiger partial charge in [0.15, 0.2) is 0 Å². The Bertz CT molecular complexity index is 768. The van der Waals surface area contributed by atoms with Gasteiger partial charge in [-0.1, -0.05) is 29.8 Å². The third kappa shape index (κ3) is 4.57. The number of ether oxygens (including phenoxy) is 1. The quantitative estimate of drug-likeness (QED) is 0.800. The summed E-state index contributed by atoms with van der Waals surface area (Å²) in [5, 5.41) is 3.19. The van der Waals surface area contributed by atoms with Gasteiger partial charge in [-0.15, -0.1) is 11.8 Å². The maximum absolute atomic E-state index is 12.5. The lowest BCUT2D eigenvalue weighted by Crippen LogP contribution is -2.41. The Kier molecular flexibility index (Phi) is 5.09. The van der Waals surface area contributed by atoms with Gasteiger partial charge in [0.2, 0.25) is 5.91 Å². The van der Waals surface area contributed by atoms with Gasteiger partial charge < -0.3 is 10.1 Å².